The summed E-state index contributed by atoms with van der Waals surface area (Å²) in [6.07, 6.45) is 0.596. The van der Waals surface area contributed by atoms with Crippen LogP contribution in [0.2, 0.25) is 0 Å². The lowest BCUT2D eigenvalue weighted by Crippen LogP contribution is -2.45. The average molecular weight is 270 g/mol. The van der Waals surface area contributed by atoms with Gasteiger partial charge >= 0.3 is 0 Å². The maximum Gasteiger partial charge on any atom is 0.0783 e. The van der Waals surface area contributed by atoms with Gasteiger partial charge in [0.05, 0.1) is 17.3 Å². The molecule has 2 nitrogen and oxygen atoms in total. The number of halogens is 1. The zero-order valence-corrected chi connectivity index (χ0v) is 10.7. The standard InChI is InChI=1S/C12H16BrNO/c1-12(2)11(15)7-8-14(12)10-6-4-3-5-9(10)13/h3-6,11,15H,7-8H2,1-2H3. The number of para-hydroxylation sites is 1. The van der Waals surface area contributed by atoms with E-state index in [2.05, 4.69) is 40.7 Å². The van der Waals surface area contributed by atoms with Crippen LogP contribution in [0.15, 0.2) is 28.7 Å². The molecule has 0 aromatic heterocycles. The normalized spacial score (nSPS) is 24.5. The molecule has 0 bridgehead atoms. The molecule has 82 valence electrons. The molecule has 1 aromatic rings. The van der Waals surface area contributed by atoms with Crippen LogP contribution in [-0.2, 0) is 0 Å². The summed E-state index contributed by atoms with van der Waals surface area (Å²) in [5, 5.41) is 9.92. The SMILES string of the molecule is CC1(C)C(O)CCN1c1ccccc1Br. The van der Waals surface area contributed by atoms with E-state index in [4.69, 9.17) is 0 Å². The van der Waals surface area contributed by atoms with Crippen molar-refractivity contribution in [2.75, 3.05) is 11.4 Å². The number of nitrogens with zero attached hydrogens (tertiary/aromatic N) is 1. The van der Waals surface area contributed by atoms with E-state index in [1.54, 1.807) is 0 Å². The van der Waals surface area contributed by atoms with E-state index in [1.807, 2.05) is 18.2 Å². The van der Waals surface area contributed by atoms with Crippen LogP contribution in [0.3, 0.4) is 0 Å². The van der Waals surface area contributed by atoms with Crippen LogP contribution in [-0.4, -0.2) is 23.3 Å². The molecule has 1 saturated heterocycles. The number of benzene rings is 1. The summed E-state index contributed by atoms with van der Waals surface area (Å²) < 4.78 is 1.09. The predicted octanol–water partition coefficient (Wildman–Crippen LogP) is 2.80. The molecule has 1 atom stereocenters. The van der Waals surface area contributed by atoms with Crippen LogP contribution < -0.4 is 4.90 Å². The smallest absolute Gasteiger partial charge is 0.0783 e. The Balaban J connectivity index is 2.37. The molecule has 1 aliphatic rings. The second-order valence-corrected chi connectivity index (χ2v) is 5.42. The Morgan fingerprint density at radius 2 is 2.07 bits per heavy atom. The lowest BCUT2D eigenvalue weighted by Gasteiger charge is -2.36. The van der Waals surface area contributed by atoms with Gasteiger partial charge in [-0.2, -0.15) is 0 Å². The Kier molecular flexibility index (Phi) is 2.77. The molecule has 0 radical (unpaired) electrons. The van der Waals surface area contributed by atoms with Crippen molar-refractivity contribution in [2.45, 2.75) is 31.9 Å². The fraction of sp³-hybridized carbons (Fsp3) is 0.500. The van der Waals surface area contributed by atoms with E-state index in [0.29, 0.717) is 0 Å². The van der Waals surface area contributed by atoms with E-state index in [1.165, 1.54) is 5.69 Å². The number of anilines is 1. The summed E-state index contributed by atoms with van der Waals surface area (Å²) in [6.45, 7) is 5.09. The first kappa shape index (κ1) is 11.0. The number of aliphatic hydroxyl groups excluding tert-OH is 1. The monoisotopic (exact) mass is 269 g/mol. The van der Waals surface area contributed by atoms with E-state index in [0.717, 1.165) is 17.4 Å². The molecule has 0 aliphatic carbocycles. The van der Waals surface area contributed by atoms with Gasteiger partial charge in [0.2, 0.25) is 0 Å². The van der Waals surface area contributed by atoms with Crippen molar-refractivity contribution in [1.82, 2.24) is 0 Å². The summed E-state index contributed by atoms with van der Waals surface area (Å²) in [6, 6.07) is 8.16. The maximum absolute atomic E-state index is 9.92. The fourth-order valence-electron chi connectivity index (χ4n) is 2.17. The Hall–Kier alpha value is -0.540. The van der Waals surface area contributed by atoms with Gasteiger partial charge in [0.1, 0.15) is 0 Å². The minimum Gasteiger partial charge on any atom is -0.391 e. The lowest BCUT2D eigenvalue weighted by atomic mass is 9.98. The maximum atomic E-state index is 9.92. The summed E-state index contributed by atoms with van der Waals surface area (Å²) in [5.74, 6) is 0. The van der Waals surface area contributed by atoms with E-state index >= 15 is 0 Å². The van der Waals surface area contributed by atoms with Crippen molar-refractivity contribution in [2.24, 2.45) is 0 Å². The Bertz CT molecular complexity index is 364. The van der Waals surface area contributed by atoms with Gasteiger partial charge in [-0.25, -0.2) is 0 Å². The van der Waals surface area contributed by atoms with Crippen molar-refractivity contribution in [3.63, 3.8) is 0 Å². The molecule has 15 heavy (non-hydrogen) atoms. The van der Waals surface area contributed by atoms with Crippen LogP contribution in [0, 0.1) is 0 Å². The minimum atomic E-state index is -0.246. The van der Waals surface area contributed by atoms with Gasteiger partial charge < -0.3 is 10.0 Å². The zero-order valence-electron chi connectivity index (χ0n) is 9.07. The van der Waals surface area contributed by atoms with Gasteiger partial charge in [0.15, 0.2) is 0 Å². The summed E-state index contributed by atoms with van der Waals surface area (Å²) in [4.78, 5) is 2.27. The number of aliphatic hydroxyl groups is 1. The Morgan fingerprint density at radius 1 is 1.40 bits per heavy atom. The molecule has 0 saturated carbocycles. The van der Waals surface area contributed by atoms with Crippen molar-refractivity contribution in [3.8, 4) is 0 Å². The lowest BCUT2D eigenvalue weighted by molar-refractivity contribution is 0.127. The number of hydrogen-bond acceptors (Lipinski definition) is 2. The number of hydrogen-bond donors (Lipinski definition) is 1. The van der Waals surface area contributed by atoms with Crippen LogP contribution in [0.1, 0.15) is 20.3 Å². The molecule has 2 rings (SSSR count). The quantitative estimate of drug-likeness (QED) is 0.848. The summed E-state index contributed by atoms with van der Waals surface area (Å²) in [5.41, 5.74) is 0.989. The fourth-order valence-corrected chi connectivity index (χ4v) is 2.67. The van der Waals surface area contributed by atoms with Gasteiger partial charge in [-0.05, 0) is 48.3 Å². The first-order valence-corrected chi connectivity index (χ1v) is 6.03. The van der Waals surface area contributed by atoms with Crippen molar-refractivity contribution >= 4 is 21.6 Å². The van der Waals surface area contributed by atoms with Gasteiger partial charge in [0, 0.05) is 11.0 Å². The molecule has 1 fully saturated rings. The van der Waals surface area contributed by atoms with Crippen LogP contribution in [0.5, 0.6) is 0 Å². The molecule has 1 heterocycles. The highest BCUT2D eigenvalue weighted by Crippen LogP contribution is 2.37. The topological polar surface area (TPSA) is 23.5 Å². The van der Waals surface area contributed by atoms with E-state index in [9.17, 15) is 5.11 Å². The third kappa shape index (κ3) is 1.79. The van der Waals surface area contributed by atoms with E-state index in [-0.39, 0.29) is 11.6 Å². The van der Waals surface area contributed by atoms with Crippen molar-refractivity contribution < 1.29 is 5.11 Å². The second-order valence-electron chi connectivity index (χ2n) is 4.56. The third-order valence-electron chi connectivity index (χ3n) is 3.28. The summed E-state index contributed by atoms with van der Waals surface area (Å²) >= 11 is 3.55. The zero-order chi connectivity index (χ0) is 11.1. The minimum absolute atomic E-state index is 0.177. The first-order chi connectivity index (χ1) is 7.03. The molecular weight excluding hydrogens is 254 g/mol. The highest BCUT2D eigenvalue weighted by atomic mass is 79.9. The average Bonchev–Trinajstić information content (AvgIpc) is 2.44. The van der Waals surface area contributed by atoms with Crippen molar-refractivity contribution in [3.05, 3.63) is 28.7 Å². The van der Waals surface area contributed by atoms with Gasteiger partial charge in [-0.1, -0.05) is 12.1 Å². The molecule has 1 N–H and O–H groups in total. The summed E-state index contributed by atoms with van der Waals surface area (Å²) in [7, 11) is 0. The third-order valence-corrected chi connectivity index (χ3v) is 3.95. The predicted molar refractivity (Wildman–Crippen MR) is 66.2 cm³/mol. The highest BCUT2D eigenvalue weighted by molar-refractivity contribution is 9.10. The largest absolute Gasteiger partial charge is 0.391 e. The molecule has 1 aromatic carbocycles. The number of rotatable bonds is 1. The van der Waals surface area contributed by atoms with Crippen LogP contribution >= 0.6 is 15.9 Å². The van der Waals surface area contributed by atoms with Gasteiger partial charge in [-0.15, -0.1) is 0 Å². The van der Waals surface area contributed by atoms with Crippen LogP contribution in [0.4, 0.5) is 5.69 Å². The molecule has 0 amide bonds. The van der Waals surface area contributed by atoms with E-state index < -0.39 is 0 Å². The van der Waals surface area contributed by atoms with Gasteiger partial charge in [-0.3, -0.25) is 0 Å². The second kappa shape index (κ2) is 3.80. The molecule has 1 unspecified atom stereocenters. The van der Waals surface area contributed by atoms with Crippen molar-refractivity contribution in [1.29, 1.82) is 0 Å². The van der Waals surface area contributed by atoms with Gasteiger partial charge in [0.25, 0.3) is 0 Å². The molecule has 0 spiro atoms. The Labute approximate surface area is 99.0 Å². The highest BCUT2D eigenvalue weighted by Gasteiger charge is 2.40. The Morgan fingerprint density at radius 3 is 2.60 bits per heavy atom. The molecule has 3 heteroatoms. The van der Waals surface area contributed by atoms with Crippen LogP contribution in [0.25, 0.3) is 0 Å². The molecule has 1 aliphatic heterocycles. The molecular formula is C12H16BrNO. The first-order valence-electron chi connectivity index (χ1n) is 5.23.